The summed E-state index contributed by atoms with van der Waals surface area (Å²) in [6, 6.07) is 15.8. The minimum absolute atomic E-state index is 0.463. The predicted molar refractivity (Wildman–Crippen MR) is 133 cm³/mol. The zero-order chi connectivity index (χ0) is 21.2. The van der Waals surface area contributed by atoms with Crippen molar-refractivity contribution in [1.29, 1.82) is 0 Å². The molecular formula is C32H26. The topological polar surface area (TPSA) is 0 Å². The van der Waals surface area contributed by atoms with Crippen LogP contribution in [0, 0.1) is 11.8 Å². The van der Waals surface area contributed by atoms with Crippen LogP contribution in [0.25, 0.3) is 11.1 Å². The fourth-order valence-electron chi connectivity index (χ4n) is 6.51. The number of rotatable bonds is 3. The molecule has 5 aliphatic carbocycles. The van der Waals surface area contributed by atoms with Crippen molar-refractivity contribution in [2.45, 2.75) is 26.2 Å². The molecule has 7 rings (SSSR count). The van der Waals surface area contributed by atoms with E-state index >= 15 is 0 Å². The summed E-state index contributed by atoms with van der Waals surface area (Å²) in [6.07, 6.45) is 22.1. The average molecular weight is 411 g/mol. The third-order valence-electron chi connectivity index (χ3n) is 7.99. The number of allylic oxidation sites excluding steroid dienone is 14. The number of benzene rings is 2. The van der Waals surface area contributed by atoms with Gasteiger partial charge in [0.1, 0.15) is 0 Å². The monoisotopic (exact) mass is 410 g/mol. The Hall–Kier alpha value is -3.38. The molecule has 0 fully saturated rings. The molecule has 2 aromatic rings. The molecule has 0 heteroatoms. The van der Waals surface area contributed by atoms with Gasteiger partial charge >= 0.3 is 0 Å². The summed E-state index contributed by atoms with van der Waals surface area (Å²) < 4.78 is 0. The van der Waals surface area contributed by atoms with Crippen molar-refractivity contribution in [3.63, 3.8) is 0 Å². The Kier molecular flexibility index (Phi) is 3.88. The molecule has 32 heavy (non-hydrogen) atoms. The van der Waals surface area contributed by atoms with Gasteiger partial charge in [-0.05, 0) is 80.5 Å². The summed E-state index contributed by atoms with van der Waals surface area (Å²) in [4.78, 5) is 0. The zero-order valence-electron chi connectivity index (χ0n) is 18.4. The second kappa shape index (κ2) is 6.81. The van der Waals surface area contributed by atoms with Crippen molar-refractivity contribution in [1.82, 2.24) is 0 Å². The fraction of sp³-hybridized carbons (Fsp3) is 0.188. The molecule has 0 aliphatic heterocycles. The van der Waals surface area contributed by atoms with Crippen molar-refractivity contribution in [3.8, 4) is 11.1 Å². The molecule has 0 nitrogen and oxygen atoms in total. The first kappa shape index (κ1) is 18.2. The quantitative estimate of drug-likeness (QED) is 0.417. The maximum Gasteiger partial charge on any atom is 0.0202 e. The number of hydrogen-bond donors (Lipinski definition) is 0. The van der Waals surface area contributed by atoms with Gasteiger partial charge < -0.3 is 0 Å². The molecule has 0 amide bonds. The minimum Gasteiger partial charge on any atom is -0.0619 e. The molecule has 0 radical (unpaired) electrons. The van der Waals surface area contributed by atoms with Crippen molar-refractivity contribution in [2.75, 3.05) is 0 Å². The van der Waals surface area contributed by atoms with E-state index in [1.807, 2.05) is 0 Å². The van der Waals surface area contributed by atoms with E-state index < -0.39 is 0 Å². The second-order valence-electron chi connectivity index (χ2n) is 9.57. The molecule has 0 saturated heterocycles. The van der Waals surface area contributed by atoms with E-state index in [2.05, 4.69) is 98.0 Å². The summed E-state index contributed by atoms with van der Waals surface area (Å²) in [5, 5.41) is 0. The second-order valence-corrected chi connectivity index (χ2v) is 9.57. The van der Waals surface area contributed by atoms with Gasteiger partial charge in [-0.2, -0.15) is 0 Å². The SMILES string of the molecule is CCC1=C2C=CC3=CC=C(Cc4cccc5c4-c4ccccc4C5)C4=CC=C(C=C1)C2C34. The van der Waals surface area contributed by atoms with Crippen molar-refractivity contribution in [3.05, 3.63) is 141 Å². The van der Waals surface area contributed by atoms with E-state index in [1.165, 1.54) is 61.3 Å². The lowest BCUT2D eigenvalue weighted by molar-refractivity contribution is 0.550. The van der Waals surface area contributed by atoms with Gasteiger partial charge in [0.15, 0.2) is 0 Å². The highest BCUT2D eigenvalue weighted by molar-refractivity contribution is 5.80. The summed E-state index contributed by atoms with van der Waals surface area (Å²) in [7, 11) is 0. The van der Waals surface area contributed by atoms with E-state index in [9.17, 15) is 0 Å². The Labute approximate surface area is 190 Å². The van der Waals surface area contributed by atoms with Gasteiger partial charge in [0.2, 0.25) is 0 Å². The van der Waals surface area contributed by atoms with Crippen LogP contribution >= 0.6 is 0 Å². The highest BCUT2D eigenvalue weighted by atomic mass is 14.4. The van der Waals surface area contributed by atoms with Crippen LogP contribution in [0.3, 0.4) is 0 Å². The summed E-state index contributed by atoms with van der Waals surface area (Å²) >= 11 is 0. The zero-order valence-corrected chi connectivity index (χ0v) is 18.4. The summed E-state index contributed by atoms with van der Waals surface area (Å²) in [5.74, 6) is 0.947. The molecule has 154 valence electrons. The van der Waals surface area contributed by atoms with Gasteiger partial charge in [0.25, 0.3) is 0 Å². The molecule has 2 unspecified atom stereocenters. The van der Waals surface area contributed by atoms with Gasteiger partial charge in [-0.25, -0.2) is 0 Å². The van der Waals surface area contributed by atoms with Crippen molar-refractivity contribution >= 4 is 0 Å². The molecule has 2 atom stereocenters. The van der Waals surface area contributed by atoms with Crippen LogP contribution in [0.5, 0.6) is 0 Å². The van der Waals surface area contributed by atoms with E-state index in [0.29, 0.717) is 11.8 Å². The van der Waals surface area contributed by atoms with Gasteiger partial charge in [-0.3, -0.25) is 0 Å². The maximum absolute atomic E-state index is 2.41. The highest BCUT2D eigenvalue weighted by Crippen LogP contribution is 2.52. The Morgan fingerprint density at radius 3 is 2.50 bits per heavy atom. The largest absolute Gasteiger partial charge is 0.0619 e. The average Bonchev–Trinajstić information content (AvgIpc) is 3.23. The van der Waals surface area contributed by atoms with Crippen LogP contribution in [-0.4, -0.2) is 0 Å². The molecule has 0 N–H and O–H groups in total. The molecular weight excluding hydrogens is 384 g/mol. The van der Waals surface area contributed by atoms with Crippen LogP contribution in [-0.2, 0) is 12.8 Å². The Morgan fingerprint density at radius 1 is 0.750 bits per heavy atom. The van der Waals surface area contributed by atoms with Crippen LogP contribution in [0.15, 0.2) is 125 Å². The third-order valence-corrected chi connectivity index (χ3v) is 7.99. The molecule has 5 aliphatic rings. The molecule has 2 aromatic carbocycles. The van der Waals surface area contributed by atoms with Gasteiger partial charge in [0, 0.05) is 11.8 Å². The number of hydrogen-bond acceptors (Lipinski definition) is 0. The lowest BCUT2D eigenvalue weighted by Gasteiger charge is -2.42. The fourth-order valence-corrected chi connectivity index (χ4v) is 6.51. The molecule has 0 heterocycles. The first-order chi connectivity index (χ1) is 15.8. The van der Waals surface area contributed by atoms with E-state index in [4.69, 9.17) is 0 Å². The maximum atomic E-state index is 2.41. The van der Waals surface area contributed by atoms with Crippen LogP contribution in [0.2, 0.25) is 0 Å². The standard InChI is InChI=1S/C32H26/c1-2-20-10-11-21-15-17-29-24(13-12-22-14-16-28(20)31(21)32(22)29)19-26-8-5-7-25-18-23-6-3-4-9-27(23)30(25)26/h3-17,31-32H,2,18-19H2,1H3. The van der Waals surface area contributed by atoms with E-state index in [-0.39, 0.29) is 0 Å². The Bertz CT molecular complexity index is 1390. The van der Waals surface area contributed by atoms with Crippen LogP contribution in [0.4, 0.5) is 0 Å². The van der Waals surface area contributed by atoms with Crippen molar-refractivity contribution in [2.24, 2.45) is 11.8 Å². The lowest BCUT2D eigenvalue weighted by Crippen LogP contribution is -2.30. The van der Waals surface area contributed by atoms with Crippen LogP contribution < -0.4 is 0 Å². The minimum atomic E-state index is 0.463. The van der Waals surface area contributed by atoms with Gasteiger partial charge in [-0.1, -0.05) is 98.0 Å². The van der Waals surface area contributed by atoms with Gasteiger partial charge in [0.05, 0.1) is 0 Å². The molecule has 0 bridgehead atoms. The molecule has 0 spiro atoms. The Balaban J connectivity index is 1.33. The third kappa shape index (κ3) is 2.50. The highest BCUT2D eigenvalue weighted by Gasteiger charge is 2.39. The van der Waals surface area contributed by atoms with E-state index in [0.717, 1.165) is 19.3 Å². The smallest absolute Gasteiger partial charge is 0.0202 e. The predicted octanol–water partition coefficient (Wildman–Crippen LogP) is 7.61. The van der Waals surface area contributed by atoms with E-state index in [1.54, 1.807) is 0 Å². The summed E-state index contributed by atoms with van der Waals surface area (Å²) in [6.45, 7) is 2.28. The van der Waals surface area contributed by atoms with Gasteiger partial charge in [-0.15, -0.1) is 0 Å². The normalized spacial score (nSPS) is 23.7. The van der Waals surface area contributed by atoms with Crippen LogP contribution in [0.1, 0.15) is 30.0 Å². The molecule has 0 saturated carbocycles. The Morgan fingerprint density at radius 2 is 1.56 bits per heavy atom. The summed E-state index contributed by atoms with van der Waals surface area (Å²) in [5.41, 5.74) is 16.3. The van der Waals surface area contributed by atoms with Crippen molar-refractivity contribution < 1.29 is 0 Å². The lowest BCUT2D eigenvalue weighted by atomic mass is 9.61. The number of fused-ring (bicyclic) bond motifs is 3. The molecule has 0 aromatic heterocycles. The first-order valence-electron chi connectivity index (χ1n) is 11.9. The first-order valence-corrected chi connectivity index (χ1v) is 11.9.